The molecule has 0 aromatic rings. The van der Waals surface area contributed by atoms with Crippen molar-refractivity contribution >= 4 is 12.0 Å². The fourth-order valence-electron chi connectivity index (χ4n) is 0.952. The fraction of sp³-hybridized carbons (Fsp3) is 0.800. The molecule has 5 nitrogen and oxygen atoms in total. The van der Waals surface area contributed by atoms with E-state index in [1.54, 1.807) is 6.92 Å². The SMILES string of the molecule is CCCCNC(=O)NCCC(=O)OCC. The lowest BCUT2D eigenvalue weighted by Gasteiger charge is -2.06. The van der Waals surface area contributed by atoms with Gasteiger partial charge in [-0.3, -0.25) is 4.79 Å². The topological polar surface area (TPSA) is 67.4 Å². The van der Waals surface area contributed by atoms with Gasteiger partial charge in [-0.2, -0.15) is 0 Å². The quantitative estimate of drug-likeness (QED) is 0.493. The Labute approximate surface area is 90.6 Å². The first-order valence-electron chi connectivity index (χ1n) is 5.38. The summed E-state index contributed by atoms with van der Waals surface area (Å²) in [6.45, 7) is 5.17. The highest BCUT2D eigenvalue weighted by Gasteiger charge is 2.03. The minimum Gasteiger partial charge on any atom is -0.466 e. The second-order valence-corrected chi connectivity index (χ2v) is 3.09. The number of rotatable bonds is 7. The summed E-state index contributed by atoms with van der Waals surface area (Å²) >= 11 is 0. The average Bonchev–Trinajstić information content (AvgIpc) is 2.18. The number of hydrogen-bond donors (Lipinski definition) is 2. The first-order chi connectivity index (χ1) is 7.20. The lowest BCUT2D eigenvalue weighted by atomic mass is 10.3. The van der Waals surface area contributed by atoms with Gasteiger partial charge < -0.3 is 15.4 Å². The Balaban J connectivity index is 3.34. The first kappa shape index (κ1) is 13.7. The van der Waals surface area contributed by atoms with Crippen molar-refractivity contribution in [3.05, 3.63) is 0 Å². The number of unbranched alkanes of at least 4 members (excludes halogenated alkanes) is 1. The van der Waals surface area contributed by atoms with Gasteiger partial charge in [-0.15, -0.1) is 0 Å². The fourth-order valence-corrected chi connectivity index (χ4v) is 0.952. The second kappa shape index (κ2) is 9.30. The van der Waals surface area contributed by atoms with Crippen molar-refractivity contribution in [2.75, 3.05) is 19.7 Å². The zero-order chi connectivity index (χ0) is 11.5. The van der Waals surface area contributed by atoms with Gasteiger partial charge in [0.1, 0.15) is 0 Å². The zero-order valence-corrected chi connectivity index (χ0v) is 9.47. The van der Waals surface area contributed by atoms with Crippen molar-refractivity contribution in [3.8, 4) is 0 Å². The van der Waals surface area contributed by atoms with E-state index in [2.05, 4.69) is 17.6 Å². The van der Waals surface area contributed by atoms with E-state index in [9.17, 15) is 9.59 Å². The van der Waals surface area contributed by atoms with Crippen molar-refractivity contribution in [1.82, 2.24) is 10.6 Å². The van der Waals surface area contributed by atoms with E-state index in [0.717, 1.165) is 12.8 Å². The van der Waals surface area contributed by atoms with Crippen LogP contribution in [0.1, 0.15) is 33.1 Å². The third-order valence-electron chi connectivity index (χ3n) is 1.74. The monoisotopic (exact) mass is 216 g/mol. The number of carbonyl (C=O) groups excluding carboxylic acids is 2. The molecule has 0 spiro atoms. The molecule has 0 aliphatic carbocycles. The van der Waals surface area contributed by atoms with Gasteiger partial charge in [-0.1, -0.05) is 13.3 Å². The first-order valence-corrected chi connectivity index (χ1v) is 5.38. The van der Waals surface area contributed by atoms with Gasteiger partial charge in [-0.25, -0.2) is 4.79 Å². The standard InChI is InChI=1S/C10H20N2O3/c1-3-5-7-11-10(14)12-8-6-9(13)15-4-2/h3-8H2,1-2H3,(H2,11,12,14). The molecule has 0 atom stereocenters. The second-order valence-electron chi connectivity index (χ2n) is 3.09. The van der Waals surface area contributed by atoms with Crippen LogP contribution in [0.15, 0.2) is 0 Å². The lowest BCUT2D eigenvalue weighted by molar-refractivity contribution is -0.142. The van der Waals surface area contributed by atoms with Gasteiger partial charge in [0.15, 0.2) is 0 Å². The Morgan fingerprint density at radius 3 is 2.40 bits per heavy atom. The van der Waals surface area contributed by atoms with E-state index in [-0.39, 0.29) is 18.4 Å². The largest absolute Gasteiger partial charge is 0.466 e. The molecule has 0 aromatic carbocycles. The van der Waals surface area contributed by atoms with Crippen molar-refractivity contribution in [2.24, 2.45) is 0 Å². The van der Waals surface area contributed by atoms with Gasteiger partial charge in [0.25, 0.3) is 0 Å². The number of esters is 1. The average molecular weight is 216 g/mol. The summed E-state index contributed by atoms with van der Waals surface area (Å²) < 4.78 is 4.71. The van der Waals surface area contributed by atoms with Crippen molar-refractivity contribution in [1.29, 1.82) is 0 Å². The molecule has 2 N–H and O–H groups in total. The number of ether oxygens (including phenoxy) is 1. The van der Waals surface area contributed by atoms with E-state index in [0.29, 0.717) is 19.7 Å². The zero-order valence-electron chi connectivity index (χ0n) is 9.47. The summed E-state index contributed by atoms with van der Waals surface area (Å²) in [5.41, 5.74) is 0. The Bertz CT molecular complexity index is 195. The van der Waals surface area contributed by atoms with Crippen LogP contribution in [-0.4, -0.2) is 31.7 Å². The molecule has 0 saturated carbocycles. The molecular weight excluding hydrogens is 196 g/mol. The molecule has 0 aliphatic rings. The maximum absolute atomic E-state index is 11.1. The molecule has 0 heterocycles. The molecule has 0 aromatic heterocycles. The molecule has 15 heavy (non-hydrogen) atoms. The van der Waals surface area contributed by atoms with Crippen LogP contribution in [-0.2, 0) is 9.53 Å². The van der Waals surface area contributed by atoms with Gasteiger partial charge in [0, 0.05) is 13.1 Å². The molecule has 0 rings (SSSR count). The minimum absolute atomic E-state index is 0.217. The predicted octanol–water partition coefficient (Wildman–Crippen LogP) is 1.04. The van der Waals surface area contributed by atoms with E-state index >= 15 is 0 Å². The highest BCUT2D eigenvalue weighted by molar-refractivity contribution is 5.75. The third-order valence-corrected chi connectivity index (χ3v) is 1.74. The Hall–Kier alpha value is -1.26. The van der Waals surface area contributed by atoms with Crippen molar-refractivity contribution in [3.63, 3.8) is 0 Å². The number of carbonyl (C=O) groups is 2. The molecular formula is C10H20N2O3. The highest BCUT2D eigenvalue weighted by atomic mass is 16.5. The van der Waals surface area contributed by atoms with Crippen LogP contribution in [0.2, 0.25) is 0 Å². The number of urea groups is 1. The molecule has 0 bridgehead atoms. The summed E-state index contributed by atoms with van der Waals surface area (Å²) in [4.78, 5) is 22.0. The third kappa shape index (κ3) is 9.05. The van der Waals surface area contributed by atoms with Crippen LogP contribution in [0.4, 0.5) is 4.79 Å². The lowest BCUT2D eigenvalue weighted by Crippen LogP contribution is -2.37. The molecule has 0 radical (unpaired) electrons. The van der Waals surface area contributed by atoms with Crippen molar-refractivity contribution in [2.45, 2.75) is 33.1 Å². The molecule has 2 amide bonds. The van der Waals surface area contributed by atoms with Crippen LogP contribution in [0.25, 0.3) is 0 Å². The minimum atomic E-state index is -0.286. The van der Waals surface area contributed by atoms with Crippen LogP contribution < -0.4 is 10.6 Å². The number of hydrogen-bond acceptors (Lipinski definition) is 3. The van der Waals surface area contributed by atoms with Crippen molar-refractivity contribution < 1.29 is 14.3 Å². The van der Waals surface area contributed by atoms with E-state index in [4.69, 9.17) is 4.74 Å². The summed E-state index contributed by atoms with van der Waals surface area (Å²) in [5.74, 6) is -0.286. The Morgan fingerprint density at radius 2 is 1.80 bits per heavy atom. The van der Waals surface area contributed by atoms with Crippen LogP contribution in [0, 0.1) is 0 Å². The molecule has 0 unspecified atom stereocenters. The van der Waals surface area contributed by atoms with E-state index in [1.165, 1.54) is 0 Å². The molecule has 0 saturated heterocycles. The summed E-state index contributed by atoms with van der Waals surface area (Å²) in [7, 11) is 0. The summed E-state index contributed by atoms with van der Waals surface area (Å²) in [5, 5.41) is 5.27. The maximum Gasteiger partial charge on any atom is 0.314 e. The summed E-state index contributed by atoms with van der Waals surface area (Å²) in [6.07, 6.45) is 2.23. The Kier molecular flexibility index (Phi) is 8.52. The van der Waals surface area contributed by atoms with E-state index < -0.39 is 0 Å². The normalized spacial score (nSPS) is 9.47. The van der Waals surface area contributed by atoms with E-state index in [1.807, 2.05) is 0 Å². The van der Waals surface area contributed by atoms with Crippen LogP contribution in [0.5, 0.6) is 0 Å². The predicted molar refractivity (Wildman–Crippen MR) is 57.6 cm³/mol. The van der Waals surface area contributed by atoms with Gasteiger partial charge in [0.05, 0.1) is 13.0 Å². The molecule has 88 valence electrons. The Morgan fingerprint density at radius 1 is 1.13 bits per heavy atom. The van der Waals surface area contributed by atoms with Gasteiger partial charge in [0.2, 0.25) is 0 Å². The number of nitrogens with one attached hydrogen (secondary N) is 2. The van der Waals surface area contributed by atoms with Crippen LogP contribution in [0.3, 0.4) is 0 Å². The van der Waals surface area contributed by atoms with Gasteiger partial charge in [-0.05, 0) is 13.3 Å². The number of amides is 2. The summed E-state index contributed by atoms with van der Waals surface area (Å²) in [6, 6.07) is -0.229. The van der Waals surface area contributed by atoms with Crippen LogP contribution >= 0.6 is 0 Å². The maximum atomic E-state index is 11.1. The van der Waals surface area contributed by atoms with Gasteiger partial charge >= 0.3 is 12.0 Å². The molecule has 5 heteroatoms. The smallest absolute Gasteiger partial charge is 0.314 e. The highest BCUT2D eigenvalue weighted by Crippen LogP contribution is 1.85. The molecule has 0 fully saturated rings. The molecule has 0 aliphatic heterocycles.